The van der Waals surface area contributed by atoms with Crippen molar-refractivity contribution in [2.45, 2.75) is 6.18 Å². The van der Waals surface area contributed by atoms with E-state index in [-0.39, 0.29) is 29.6 Å². The van der Waals surface area contributed by atoms with Crippen LogP contribution in [0.25, 0.3) is 5.73 Å². The zero-order valence-corrected chi connectivity index (χ0v) is 8.44. The molecule has 0 fully saturated rings. The summed E-state index contributed by atoms with van der Waals surface area (Å²) in [6.45, 7) is 0. The largest absolute Gasteiger partial charge is 1.00 e. The van der Waals surface area contributed by atoms with Crippen LogP contribution in [-0.2, 0) is 6.18 Å². The third-order valence-corrected chi connectivity index (χ3v) is 1.23. The molecule has 1 aromatic carbocycles. The van der Waals surface area contributed by atoms with Gasteiger partial charge in [-0.3, -0.25) is 0 Å². The van der Waals surface area contributed by atoms with Crippen LogP contribution in [0.1, 0.15) is 5.56 Å². The molecule has 1 aromatic rings. The average molecular weight is 183 g/mol. The number of hydrogen-bond acceptors (Lipinski definition) is 0. The van der Waals surface area contributed by atoms with Gasteiger partial charge in [0.15, 0.2) is 0 Å². The Bertz CT molecular complexity index is 259. The maximum atomic E-state index is 11.9. The first-order valence-electron chi connectivity index (χ1n) is 2.89. The van der Waals surface area contributed by atoms with Crippen molar-refractivity contribution >= 4 is 5.69 Å². The monoisotopic (exact) mass is 183 g/mol. The summed E-state index contributed by atoms with van der Waals surface area (Å²) >= 11 is 0. The topological polar surface area (TPSA) is 23.8 Å². The molecule has 1 N–H and O–H groups in total. The molecular formula is C7H5F3NNa. The molecule has 1 rings (SSSR count). The quantitative estimate of drug-likeness (QED) is 0.520. The third-order valence-electron chi connectivity index (χ3n) is 1.23. The van der Waals surface area contributed by atoms with Gasteiger partial charge in [-0.05, 0) is 0 Å². The van der Waals surface area contributed by atoms with E-state index >= 15 is 0 Å². The van der Waals surface area contributed by atoms with Crippen molar-refractivity contribution in [1.82, 2.24) is 0 Å². The van der Waals surface area contributed by atoms with Gasteiger partial charge in [0.2, 0.25) is 0 Å². The van der Waals surface area contributed by atoms with Gasteiger partial charge < -0.3 is 5.73 Å². The van der Waals surface area contributed by atoms with Crippen molar-refractivity contribution < 1.29 is 42.7 Å². The van der Waals surface area contributed by atoms with E-state index < -0.39 is 17.4 Å². The van der Waals surface area contributed by atoms with Crippen LogP contribution in [0.2, 0.25) is 0 Å². The Morgan fingerprint density at radius 3 is 1.92 bits per heavy atom. The van der Waals surface area contributed by atoms with E-state index in [0.717, 1.165) is 12.1 Å². The summed E-state index contributed by atoms with van der Waals surface area (Å²) in [5.41, 5.74) is 5.53. The van der Waals surface area contributed by atoms with Gasteiger partial charge in [-0.25, -0.2) is 0 Å². The van der Waals surface area contributed by atoms with Crippen LogP contribution in [0.5, 0.6) is 0 Å². The zero-order chi connectivity index (χ0) is 8.48. The Labute approximate surface area is 90.0 Å². The van der Waals surface area contributed by atoms with E-state index in [0.29, 0.717) is 0 Å². The van der Waals surface area contributed by atoms with Crippen LogP contribution in [0, 0.1) is 0 Å². The maximum absolute atomic E-state index is 11.9. The fourth-order valence-electron chi connectivity index (χ4n) is 0.730. The number of nitrogens with one attached hydrogen (secondary N) is 1. The van der Waals surface area contributed by atoms with Crippen LogP contribution < -0.4 is 29.6 Å². The van der Waals surface area contributed by atoms with Gasteiger partial charge >= 0.3 is 35.7 Å². The molecule has 1 nitrogen and oxygen atoms in total. The second kappa shape index (κ2) is 4.16. The molecule has 0 aliphatic heterocycles. The molecule has 0 aromatic heterocycles. The first-order valence-corrected chi connectivity index (χ1v) is 2.89. The van der Waals surface area contributed by atoms with Gasteiger partial charge in [0, 0.05) is 5.56 Å². The Morgan fingerprint density at radius 2 is 1.58 bits per heavy atom. The summed E-state index contributed by atoms with van der Waals surface area (Å²) in [6.07, 6.45) is -4.40. The van der Waals surface area contributed by atoms with E-state index in [4.69, 9.17) is 5.73 Å². The van der Waals surface area contributed by atoms with Crippen LogP contribution in [-0.4, -0.2) is 0 Å². The van der Waals surface area contributed by atoms with E-state index in [1.54, 1.807) is 0 Å². The molecular weight excluding hydrogens is 178 g/mol. The van der Waals surface area contributed by atoms with Crippen LogP contribution in [0.15, 0.2) is 24.3 Å². The number of hydrogen-bond donors (Lipinski definition) is 0. The van der Waals surface area contributed by atoms with Crippen molar-refractivity contribution in [3.05, 3.63) is 35.6 Å². The van der Waals surface area contributed by atoms with Crippen LogP contribution in [0.3, 0.4) is 0 Å². The first-order chi connectivity index (χ1) is 5.02. The third kappa shape index (κ3) is 2.69. The second-order valence-corrected chi connectivity index (χ2v) is 2.04. The summed E-state index contributed by atoms with van der Waals surface area (Å²) in [4.78, 5) is 0. The molecule has 0 saturated carbocycles. The Balaban J connectivity index is 0.00000121. The van der Waals surface area contributed by atoms with Gasteiger partial charge in [-0.2, -0.15) is 13.2 Å². The van der Waals surface area contributed by atoms with Crippen LogP contribution >= 0.6 is 0 Å². The molecule has 0 aliphatic rings. The summed E-state index contributed by atoms with van der Waals surface area (Å²) in [7, 11) is 0. The smallest absolute Gasteiger partial charge is 0.698 e. The molecule has 0 radical (unpaired) electrons. The molecule has 0 aliphatic carbocycles. The van der Waals surface area contributed by atoms with Crippen molar-refractivity contribution in [2.75, 3.05) is 0 Å². The zero-order valence-electron chi connectivity index (χ0n) is 6.44. The number of rotatable bonds is 0. The molecule has 0 bridgehead atoms. The molecule has 0 heterocycles. The van der Waals surface area contributed by atoms with Gasteiger partial charge in [0.05, 0.1) is 0 Å². The van der Waals surface area contributed by atoms with Crippen LogP contribution in [0.4, 0.5) is 18.9 Å². The molecule has 12 heavy (non-hydrogen) atoms. The number of benzene rings is 1. The molecule has 0 atom stereocenters. The minimum atomic E-state index is -4.40. The normalized spacial score (nSPS) is 10.6. The molecule has 0 spiro atoms. The fourth-order valence-corrected chi connectivity index (χ4v) is 0.730. The fraction of sp³-hybridized carbons (Fsp3) is 0.143. The molecule has 0 unspecified atom stereocenters. The summed E-state index contributed by atoms with van der Waals surface area (Å²) in [6, 6.07) is 4.67. The SMILES string of the molecule is [NH-]c1ccccc1C(F)(F)F.[Na+]. The Hall–Kier alpha value is -0.190. The van der Waals surface area contributed by atoms with Crippen molar-refractivity contribution in [1.29, 1.82) is 0 Å². The number of halogens is 3. The Kier molecular flexibility index (Phi) is 4.10. The van der Waals surface area contributed by atoms with Gasteiger partial charge in [-0.1, -0.05) is 24.3 Å². The maximum Gasteiger partial charge on any atom is 1.00 e. The molecule has 5 heteroatoms. The minimum absolute atomic E-state index is 0. The molecule has 60 valence electrons. The standard InChI is InChI=1S/C7H5F3N.Na/c8-7(9,10)5-3-1-2-4-6(5)11;/h1-4,11H;/q-1;+1. The minimum Gasteiger partial charge on any atom is -0.698 e. The van der Waals surface area contributed by atoms with Gasteiger partial charge in [0.1, 0.15) is 0 Å². The average Bonchev–Trinajstić information content (AvgIpc) is 1.86. The van der Waals surface area contributed by atoms with E-state index in [9.17, 15) is 13.2 Å². The van der Waals surface area contributed by atoms with Crippen molar-refractivity contribution in [2.24, 2.45) is 0 Å². The molecule has 0 amide bonds. The predicted molar refractivity (Wildman–Crippen MR) is 35.4 cm³/mol. The van der Waals surface area contributed by atoms with Gasteiger partial charge in [-0.15, -0.1) is 5.69 Å². The summed E-state index contributed by atoms with van der Waals surface area (Å²) in [5.74, 6) is 0. The predicted octanol–water partition coefficient (Wildman–Crippen LogP) is 0.393. The second-order valence-electron chi connectivity index (χ2n) is 2.04. The first kappa shape index (κ1) is 11.8. The van der Waals surface area contributed by atoms with Crippen molar-refractivity contribution in [3.8, 4) is 0 Å². The van der Waals surface area contributed by atoms with Crippen molar-refractivity contribution in [3.63, 3.8) is 0 Å². The summed E-state index contributed by atoms with van der Waals surface area (Å²) in [5, 5.41) is 0. The van der Waals surface area contributed by atoms with E-state index in [2.05, 4.69) is 0 Å². The van der Waals surface area contributed by atoms with E-state index in [1.807, 2.05) is 0 Å². The number of alkyl halides is 3. The van der Waals surface area contributed by atoms with E-state index in [1.165, 1.54) is 12.1 Å². The Morgan fingerprint density at radius 1 is 1.08 bits per heavy atom. The summed E-state index contributed by atoms with van der Waals surface area (Å²) < 4.78 is 35.8. The molecule has 0 saturated heterocycles. The van der Waals surface area contributed by atoms with Gasteiger partial charge in [0.25, 0.3) is 0 Å².